The van der Waals surface area contributed by atoms with Gasteiger partial charge in [0.05, 0.1) is 23.6 Å². The lowest BCUT2D eigenvalue weighted by Crippen LogP contribution is -2.37. The summed E-state index contributed by atoms with van der Waals surface area (Å²) in [5.41, 5.74) is 1.31. The number of aryl methyl sites for hydroxylation is 1. The number of rotatable bonds is 8. The Labute approximate surface area is 170 Å². The van der Waals surface area contributed by atoms with Gasteiger partial charge in [0.2, 0.25) is 10.0 Å². The van der Waals surface area contributed by atoms with Gasteiger partial charge in [0.15, 0.2) is 0 Å². The van der Waals surface area contributed by atoms with E-state index in [2.05, 4.69) is 13.2 Å². The third-order valence-corrected chi connectivity index (χ3v) is 6.39. The number of hydrogen-bond acceptors (Lipinski definition) is 4. The van der Waals surface area contributed by atoms with Crippen molar-refractivity contribution in [1.29, 1.82) is 0 Å². The minimum atomic E-state index is -4.00. The van der Waals surface area contributed by atoms with Crippen LogP contribution in [0.3, 0.4) is 0 Å². The first-order valence-electron chi connectivity index (χ1n) is 8.45. The molecule has 0 bridgehead atoms. The standard InChI is InChI=1S/C21H22ClNO4S/c1-5-14-23(28(25,26)17-12-10-15(2)11-13-17)20(16(3)21(24)27-4)18-8-6-7-9-19(18)22/h5-13,20H,1,3,14H2,2,4H3/t20-/m0/s1. The van der Waals surface area contributed by atoms with Gasteiger partial charge in [-0.1, -0.05) is 60.2 Å². The molecule has 0 aromatic heterocycles. The minimum absolute atomic E-state index is 0.0480. The quantitative estimate of drug-likeness (QED) is 0.363. The fourth-order valence-corrected chi connectivity index (χ4v) is 4.58. The normalized spacial score (nSPS) is 12.4. The van der Waals surface area contributed by atoms with E-state index in [4.69, 9.17) is 16.3 Å². The van der Waals surface area contributed by atoms with Crippen LogP contribution >= 0.6 is 11.6 Å². The number of halogens is 1. The summed E-state index contributed by atoms with van der Waals surface area (Å²) in [6.07, 6.45) is 1.44. The molecule has 1 atom stereocenters. The molecule has 0 N–H and O–H groups in total. The number of ether oxygens (including phenoxy) is 1. The molecule has 0 heterocycles. The molecule has 7 heteroatoms. The number of sulfonamides is 1. The van der Waals surface area contributed by atoms with Gasteiger partial charge in [-0.05, 0) is 30.7 Å². The molecular formula is C21H22ClNO4S. The highest BCUT2D eigenvalue weighted by Gasteiger charge is 2.37. The molecule has 0 amide bonds. The zero-order valence-electron chi connectivity index (χ0n) is 15.8. The molecular weight excluding hydrogens is 398 g/mol. The number of hydrogen-bond donors (Lipinski definition) is 0. The third-order valence-electron chi connectivity index (χ3n) is 4.20. The molecule has 0 unspecified atom stereocenters. The largest absolute Gasteiger partial charge is 0.466 e. The van der Waals surface area contributed by atoms with Crippen molar-refractivity contribution in [3.05, 3.63) is 89.5 Å². The summed E-state index contributed by atoms with van der Waals surface area (Å²) in [6, 6.07) is 12.1. The Balaban J connectivity index is 2.69. The Bertz CT molecular complexity index is 984. The van der Waals surface area contributed by atoms with Crippen molar-refractivity contribution in [2.45, 2.75) is 17.9 Å². The topological polar surface area (TPSA) is 63.7 Å². The van der Waals surface area contributed by atoms with Crippen molar-refractivity contribution in [3.63, 3.8) is 0 Å². The third kappa shape index (κ3) is 4.52. The Hall–Kier alpha value is -2.41. The van der Waals surface area contributed by atoms with E-state index in [9.17, 15) is 13.2 Å². The second kappa shape index (κ2) is 9.19. The zero-order chi connectivity index (χ0) is 20.9. The molecule has 0 saturated carbocycles. The molecule has 0 radical (unpaired) electrons. The van der Waals surface area contributed by atoms with Gasteiger partial charge in [0.25, 0.3) is 0 Å². The number of benzene rings is 2. The fraction of sp³-hybridized carbons (Fsp3) is 0.190. The van der Waals surface area contributed by atoms with E-state index < -0.39 is 22.0 Å². The molecule has 28 heavy (non-hydrogen) atoms. The highest BCUT2D eigenvalue weighted by molar-refractivity contribution is 7.89. The summed E-state index contributed by atoms with van der Waals surface area (Å²) in [7, 11) is -2.78. The van der Waals surface area contributed by atoms with Gasteiger partial charge in [-0.3, -0.25) is 0 Å². The molecule has 5 nitrogen and oxygen atoms in total. The zero-order valence-corrected chi connectivity index (χ0v) is 17.3. The summed E-state index contributed by atoms with van der Waals surface area (Å²) in [4.78, 5) is 12.3. The van der Waals surface area contributed by atoms with Gasteiger partial charge in [0, 0.05) is 11.6 Å². The molecule has 2 rings (SSSR count). The lowest BCUT2D eigenvalue weighted by atomic mass is 9.99. The van der Waals surface area contributed by atoms with Crippen LogP contribution in [-0.4, -0.2) is 32.3 Å². The highest BCUT2D eigenvalue weighted by Crippen LogP contribution is 2.36. The smallest absolute Gasteiger partial charge is 0.335 e. The van der Waals surface area contributed by atoms with Crippen LogP contribution in [0.15, 0.2) is 78.2 Å². The maximum absolute atomic E-state index is 13.4. The van der Waals surface area contributed by atoms with Crippen LogP contribution in [-0.2, 0) is 19.6 Å². The van der Waals surface area contributed by atoms with E-state index in [0.29, 0.717) is 10.6 Å². The van der Waals surface area contributed by atoms with E-state index in [1.54, 1.807) is 36.4 Å². The Kier molecular flexibility index (Phi) is 7.18. The maximum Gasteiger partial charge on any atom is 0.335 e. The minimum Gasteiger partial charge on any atom is -0.466 e. The SMILES string of the molecule is C=CCN([C@@H](C(=C)C(=O)OC)c1ccccc1Cl)S(=O)(=O)c1ccc(C)cc1. The molecule has 0 aliphatic rings. The van der Waals surface area contributed by atoms with Crippen molar-refractivity contribution in [1.82, 2.24) is 4.31 Å². The first kappa shape index (κ1) is 21.9. The van der Waals surface area contributed by atoms with Crippen LogP contribution in [0.25, 0.3) is 0 Å². The van der Waals surface area contributed by atoms with Crippen molar-refractivity contribution in [2.75, 3.05) is 13.7 Å². The van der Waals surface area contributed by atoms with Crippen molar-refractivity contribution < 1.29 is 17.9 Å². The Morgan fingerprint density at radius 1 is 1.21 bits per heavy atom. The van der Waals surface area contributed by atoms with Gasteiger partial charge >= 0.3 is 5.97 Å². The van der Waals surface area contributed by atoms with Crippen LogP contribution in [0.1, 0.15) is 17.2 Å². The molecule has 148 valence electrons. The van der Waals surface area contributed by atoms with Crippen LogP contribution < -0.4 is 0 Å². The Morgan fingerprint density at radius 2 is 1.82 bits per heavy atom. The fourth-order valence-electron chi connectivity index (χ4n) is 2.77. The average molecular weight is 420 g/mol. The second-order valence-corrected chi connectivity index (χ2v) is 8.42. The first-order valence-corrected chi connectivity index (χ1v) is 10.3. The maximum atomic E-state index is 13.4. The van der Waals surface area contributed by atoms with Crippen LogP contribution in [0.2, 0.25) is 5.02 Å². The van der Waals surface area contributed by atoms with E-state index in [1.165, 1.54) is 25.3 Å². The molecule has 2 aromatic carbocycles. The molecule has 0 aliphatic carbocycles. The van der Waals surface area contributed by atoms with Crippen molar-refractivity contribution >= 4 is 27.6 Å². The lowest BCUT2D eigenvalue weighted by Gasteiger charge is -2.31. The predicted molar refractivity (Wildman–Crippen MR) is 111 cm³/mol. The summed E-state index contributed by atoms with van der Waals surface area (Å²) < 4.78 is 32.8. The van der Waals surface area contributed by atoms with Gasteiger partial charge < -0.3 is 4.74 Å². The van der Waals surface area contributed by atoms with Crippen LogP contribution in [0.4, 0.5) is 0 Å². The van der Waals surface area contributed by atoms with Gasteiger partial charge in [-0.25, -0.2) is 13.2 Å². The van der Waals surface area contributed by atoms with E-state index in [1.807, 2.05) is 6.92 Å². The van der Waals surface area contributed by atoms with Crippen molar-refractivity contribution in [3.8, 4) is 0 Å². The summed E-state index contributed by atoms with van der Waals surface area (Å²) in [5, 5.41) is 0.311. The number of carbonyl (C=O) groups excluding carboxylic acids is 1. The summed E-state index contributed by atoms with van der Waals surface area (Å²) in [5.74, 6) is -0.724. The molecule has 0 spiro atoms. The van der Waals surface area contributed by atoms with E-state index in [-0.39, 0.29) is 17.0 Å². The van der Waals surface area contributed by atoms with Crippen molar-refractivity contribution in [2.24, 2.45) is 0 Å². The molecule has 2 aromatic rings. The molecule has 0 fully saturated rings. The molecule has 0 saturated heterocycles. The van der Waals surface area contributed by atoms with Gasteiger partial charge in [-0.2, -0.15) is 4.31 Å². The number of esters is 1. The van der Waals surface area contributed by atoms with Crippen LogP contribution in [0, 0.1) is 6.92 Å². The number of methoxy groups -OCH3 is 1. The van der Waals surface area contributed by atoms with Crippen LogP contribution in [0.5, 0.6) is 0 Å². The number of nitrogens with zero attached hydrogens (tertiary/aromatic N) is 1. The van der Waals surface area contributed by atoms with E-state index >= 15 is 0 Å². The first-order chi connectivity index (χ1) is 13.2. The van der Waals surface area contributed by atoms with E-state index in [0.717, 1.165) is 9.87 Å². The average Bonchev–Trinajstić information content (AvgIpc) is 2.68. The lowest BCUT2D eigenvalue weighted by molar-refractivity contribution is -0.136. The number of carbonyl (C=O) groups is 1. The summed E-state index contributed by atoms with van der Waals surface area (Å²) in [6.45, 7) is 9.26. The monoisotopic (exact) mass is 419 g/mol. The Morgan fingerprint density at radius 3 is 2.36 bits per heavy atom. The van der Waals surface area contributed by atoms with Gasteiger partial charge in [-0.15, -0.1) is 6.58 Å². The highest BCUT2D eigenvalue weighted by atomic mass is 35.5. The predicted octanol–water partition coefficient (Wildman–Crippen LogP) is 4.30. The second-order valence-electron chi connectivity index (χ2n) is 6.12. The summed E-state index contributed by atoms with van der Waals surface area (Å²) >= 11 is 6.33. The molecule has 0 aliphatic heterocycles. The van der Waals surface area contributed by atoms with Gasteiger partial charge in [0.1, 0.15) is 0 Å².